The van der Waals surface area contributed by atoms with Crippen molar-refractivity contribution in [3.05, 3.63) is 6.61 Å². The Morgan fingerprint density at radius 2 is 2.20 bits per heavy atom. The predicted molar refractivity (Wildman–Crippen MR) is 33.0 cm³/mol. The van der Waals surface area contributed by atoms with Gasteiger partial charge in [-0.1, -0.05) is 0 Å². The number of aliphatic hydroxyl groups is 1. The minimum absolute atomic E-state index is 0.422. The average molecular weight is 145 g/mol. The zero-order valence-electron chi connectivity index (χ0n) is 5.50. The summed E-state index contributed by atoms with van der Waals surface area (Å²) >= 11 is 0. The van der Waals surface area contributed by atoms with Crippen LogP contribution in [0.4, 0.5) is 0 Å². The molecule has 10 heavy (non-hydrogen) atoms. The van der Waals surface area contributed by atoms with Gasteiger partial charge in [-0.25, -0.2) is 0 Å². The summed E-state index contributed by atoms with van der Waals surface area (Å²) in [6, 6.07) is -1.09. The number of nitrogens with two attached hydrogens (primary N) is 1. The van der Waals surface area contributed by atoms with E-state index < -0.39 is 17.9 Å². The number of rotatable bonds is 3. The van der Waals surface area contributed by atoms with E-state index in [0.717, 1.165) is 0 Å². The maximum Gasteiger partial charge on any atom is 0.242 e. The first-order chi connectivity index (χ1) is 4.57. The van der Waals surface area contributed by atoms with Gasteiger partial charge in [0.1, 0.15) is 12.6 Å². The summed E-state index contributed by atoms with van der Waals surface area (Å²) in [6.07, 6.45) is 0. The standard InChI is InChI=1S/C5H9N2O3/c1-3(9)7-4(2-8)5(6)10/h2,4,8H,1H3,(H2,6,10)(H,7,9). The summed E-state index contributed by atoms with van der Waals surface area (Å²) in [5.74, 6) is -1.22. The van der Waals surface area contributed by atoms with Crippen LogP contribution in [0.1, 0.15) is 6.92 Å². The summed E-state index contributed by atoms with van der Waals surface area (Å²) in [7, 11) is 0. The maximum absolute atomic E-state index is 10.3. The van der Waals surface area contributed by atoms with Crippen molar-refractivity contribution in [3.8, 4) is 0 Å². The molecule has 0 aromatic heterocycles. The highest BCUT2D eigenvalue weighted by Gasteiger charge is 2.14. The lowest BCUT2D eigenvalue weighted by molar-refractivity contribution is -0.126. The lowest BCUT2D eigenvalue weighted by Gasteiger charge is -2.08. The van der Waals surface area contributed by atoms with Crippen LogP contribution in [0.3, 0.4) is 0 Å². The lowest BCUT2D eigenvalue weighted by atomic mass is 10.3. The second kappa shape index (κ2) is 3.84. The molecule has 0 aliphatic rings. The number of carbonyl (C=O) groups is 2. The molecule has 0 fully saturated rings. The molecule has 0 heterocycles. The van der Waals surface area contributed by atoms with Gasteiger partial charge in [0.05, 0.1) is 0 Å². The van der Waals surface area contributed by atoms with Crippen LogP contribution in [0, 0.1) is 6.61 Å². The molecule has 1 unspecified atom stereocenters. The molecule has 4 N–H and O–H groups in total. The van der Waals surface area contributed by atoms with Crippen molar-refractivity contribution in [2.45, 2.75) is 13.0 Å². The molecule has 0 aromatic rings. The van der Waals surface area contributed by atoms with Crippen LogP contribution in [0.25, 0.3) is 0 Å². The van der Waals surface area contributed by atoms with Gasteiger partial charge in [-0.15, -0.1) is 0 Å². The Morgan fingerprint density at radius 3 is 2.30 bits per heavy atom. The Hall–Kier alpha value is -1.10. The van der Waals surface area contributed by atoms with E-state index in [-0.39, 0.29) is 0 Å². The Labute approximate surface area is 58.2 Å². The molecule has 0 spiro atoms. The van der Waals surface area contributed by atoms with E-state index in [2.05, 4.69) is 5.32 Å². The fourth-order valence-corrected chi connectivity index (χ4v) is 0.401. The van der Waals surface area contributed by atoms with E-state index in [1.54, 1.807) is 0 Å². The third kappa shape index (κ3) is 3.03. The van der Waals surface area contributed by atoms with Crippen molar-refractivity contribution in [1.82, 2.24) is 5.32 Å². The average Bonchev–Trinajstić information content (AvgIpc) is 1.81. The molecular formula is C5H9N2O3. The quantitative estimate of drug-likeness (QED) is 0.451. The van der Waals surface area contributed by atoms with Crippen LogP contribution in [0.5, 0.6) is 0 Å². The van der Waals surface area contributed by atoms with Crippen LogP contribution in [-0.2, 0) is 9.59 Å². The number of amides is 2. The monoisotopic (exact) mass is 145 g/mol. The first-order valence-electron chi connectivity index (χ1n) is 2.62. The van der Waals surface area contributed by atoms with E-state index in [9.17, 15) is 9.59 Å². The molecule has 2 amide bonds. The topological polar surface area (TPSA) is 92.4 Å². The first-order valence-corrected chi connectivity index (χ1v) is 2.62. The van der Waals surface area contributed by atoms with E-state index >= 15 is 0 Å². The minimum atomic E-state index is -1.09. The Balaban J connectivity index is 3.83. The third-order valence-corrected chi connectivity index (χ3v) is 0.814. The van der Waals surface area contributed by atoms with Gasteiger partial charge in [0, 0.05) is 6.92 Å². The van der Waals surface area contributed by atoms with Crippen molar-refractivity contribution in [2.75, 3.05) is 0 Å². The maximum atomic E-state index is 10.3. The number of aliphatic hydroxyl groups excluding tert-OH is 1. The summed E-state index contributed by atoms with van der Waals surface area (Å²) < 4.78 is 0. The van der Waals surface area contributed by atoms with Gasteiger partial charge in [-0.3, -0.25) is 9.59 Å². The van der Waals surface area contributed by atoms with Crippen LogP contribution < -0.4 is 11.1 Å². The molecule has 1 radical (unpaired) electrons. The van der Waals surface area contributed by atoms with Gasteiger partial charge in [-0.05, 0) is 0 Å². The molecule has 5 nitrogen and oxygen atoms in total. The minimum Gasteiger partial charge on any atom is -0.388 e. The second-order valence-corrected chi connectivity index (χ2v) is 1.73. The third-order valence-electron chi connectivity index (χ3n) is 0.814. The lowest BCUT2D eigenvalue weighted by Crippen LogP contribution is -2.43. The molecule has 5 heteroatoms. The molecule has 0 bridgehead atoms. The fraction of sp³-hybridized carbons (Fsp3) is 0.400. The zero-order valence-corrected chi connectivity index (χ0v) is 5.50. The molecule has 0 aliphatic heterocycles. The highest BCUT2D eigenvalue weighted by molar-refractivity contribution is 5.86. The smallest absolute Gasteiger partial charge is 0.242 e. The normalized spacial score (nSPS) is 12.2. The van der Waals surface area contributed by atoms with Crippen molar-refractivity contribution in [2.24, 2.45) is 5.73 Å². The van der Waals surface area contributed by atoms with Gasteiger partial charge in [0.15, 0.2) is 0 Å². The molecular weight excluding hydrogens is 136 g/mol. The largest absolute Gasteiger partial charge is 0.388 e. The van der Waals surface area contributed by atoms with Gasteiger partial charge in [0.25, 0.3) is 0 Å². The predicted octanol–water partition coefficient (Wildman–Crippen LogP) is -1.49. The fourth-order valence-electron chi connectivity index (χ4n) is 0.401. The first kappa shape index (κ1) is 8.90. The number of nitrogens with one attached hydrogen (secondary N) is 1. The molecule has 1 atom stereocenters. The van der Waals surface area contributed by atoms with Crippen LogP contribution in [0.15, 0.2) is 0 Å². The number of hydrogen-bond donors (Lipinski definition) is 3. The van der Waals surface area contributed by atoms with Crippen molar-refractivity contribution < 1.29 is 14.7 Å². The molecule has 0 saturated carbocycles. The van der Waals surface area contributed by atoms with Crippen molar-refractivity contribution in [1.29, 1.82) is 0 Å². The van der Waals surface area contributed by atoms with E-state index in [1.165, 1.54) is 6.92 Å². The van der Waals surface area contributed by atoms with E-state index in [0.29, 0.717) is 6.61 Å². The van der Waals surface area contributed by atoms with Gasteiger partial charge in [0.2, 0.25) is 11.8 Å². The highest BCUT2D eigenvalue weighted by atomic mass is 16.3. The summed E-state index contributed by atoms with van der Waals surface area (Å²) in [5, 5.41) is 10.4. The number of primary amides is 1. The van der Waals surface area contributed by atoms with Crippen LogP contribution >= 0.6 is 0 Å². The van der Waals surface area contributed by atoms with Gasteiger partial charge >= 0.3 is 0 Å². The highest BCUT2D eigenvalue weighted by Crippen LogP contribution is 1.83. The molecule has 57 valence electrons. The summed E-state index contributed by atoms with van der Waals surface area (Å²) in [4.78, 5) is 20.5. The number of hydrogen-bond acceptors (Lipinski definition) is 3. The van der Waals surface area contributed by atoms with E-state index in [1.807, 2.05) is 0 Å². The summed E-state index contributed by atoms with van der Waals surface area (Å²) in [5.41, 5.74) is 4.75. The zero-order chi connectivity index (χ0) is 8.15. The van der Waals surface area contributed by atoms with Crippen molar-refractivity contribution in [3.63, 3.8) is 0 Å². The second-order valence-electron chi connectivity index (χ2n) is 1.73. The summed E-state index contributed by atoms with van der Waals surface area (Å²) in [6.45, 7) is 1.75. The Bertz CT molecular complexity index is 146. The van der Waals surface area contributed by atoms with Crippen molar-refractivity contribution >= 4 is 11.8 Å². The molecule has 0 aliphatic carbocycles. The Kier molecular flexibility index (Phi) is 3.42. The molecule has 0 saturated heterocycles. The molecule has 0 rings (SSSR count). The van der Waals surface area contributed by atoms with Crippen LogP contribution in [0.2, 0.25) is 0 Å². The van der Waals surface area contributed by atoms with Crippen LogP contribution in [-0.4, -0.2) is 23.0 Å². The van der Waals surface area contributed by atoms with Gasteiger partial charge < -0.3 is 16.2 Å². The number of carbonyl (C=O) groups excluding carboxylic acids is 2. The van der Waals surface area contributed by atoms with Gasteiger partial charge in [-0.2, -0.15) is 0 Å². The van der Waals surface area contributed by atoms with E-state index in [4.69, 9.17) is 10.8 Å². The molecule has 0 aromatic carbocycles. The Morgan fingerprint density at radius 1 is 1.70 bits per heavy atom. The SMILES string of the molecule is CC(=O)NC([CH]O)C(N)=O.